The van der Waals surface area contributed by atoms with Gasteiger partial charge in [-0.2, -0.15) is 10.0 Å². The Morgan fingerprint density at radius 3 is 2.16 bits per heavy atom. The molecule has 0 N–H and O–H groups in total. The molecule has 2 unspecified atom stereocenters. The van der Waals surface area contributed by atoms with Gasteiger partial charge in [0.25, 0.3) is 0 Å². The standard InChI is InChI=1S/C32H32N2O2S/c1-33(2)25-12-16-27(17-13-25)37(23-30(35)29-22-36-31-11-7-8-20-32(29,31)37)28-18-14-26(15-19-28)34(3)21-24-9-5-4-6-10-24/h4-19,22H,20-21,23H2,1-3H3. The van der Waals surface area contributed by atoms with E-state index in [9.17, 15) is 4.79 Å². The lowest BCUT2D eigenvalue weighted by molar-refractivity contribution is -0.113. The second-order valence-electron chi connectivity index (χ2n) is 10.2. The van der Waals surface area contributed by atoms with Gasteiger partial charge in [0.2, 0.25) is 0 Å². The van der Waals surface area contributed by atoms with Crippen LogP contribution in [-0.2, 0) is 16.1 Å². The van der Waals surface area contributed by atoms with Crippen LogP contribution in [0, 0.1) is 0 Å². The van der Waals surface area contributed by atoms with Crippen LogP contribution in [-0.4, -0.2) is 37.4 Å². The molecular formula is C32H32N2O2S. The molecule has 2 aliphatic heterocycles. The highest BCUT2D eigenvalue weighted by Crippen LogP contribution is 2.80. The van der Waals surface area contributed by atoms with Crippen molar-refractivity contribution in [1.82, 2.24) is 0 Å². The number of ketones is 1. The molecule has 0 radical (unpaired) electrons. The number of benzene rings is 3. The van der Waals surface area contributed by atoms with Crippen molar-refractivity contribution in [2.24, 2.45) is 0 Å². The molecule has 1 aliphatic carbocycles. The SMILES string of the molecule is CN(C)c1ccc(S2(c3ccc(N(C)Cc4ccccc4)cc3)CC(=O)C3=COC4=CC=CCC432)cc1. The lowest BCUT2D eigenvalue weighted by atomic mass is 9.90. The van der Waals surface area contributed by atoms with Crippen LogP contribution in [0.25, 0.3) is 0 Å². The third kappa shape index (κ3) is 3.56. The Kier molecular flexibility index (Phi) is 5.76. The zero-order chi connectivity index (χ0) is 25.6. The van der Waals surface area contributed by atoms with Gasteiger partial charge in [-0.25, -0.2) is 0 Å². The highest BCUT2D eigenvalue weighted by Gasteiger charge is 2.64. The van der Waals surface area contributed by atoms with Gasteiger partial charge in [-0.15, -0.1) is 0 Å². The molecule has 3 aliphatic rings. The van der Waals surface area contributed by atoms with E-state index in [0.717, 1.165) is 35.7 Å². The Bertz CT molecular complexity index is 1420. The minimum absolute atomic E-state index is 0.204. The van der Waals surface area contributed by atoms with Gasteiger partial charge in [0.05, 0.1) is 11.8 Å². The van der Waals surface area contributed by atoms with E-state index < -0.39 is 14.8 Å². The average Bonchev–Trinajstić information content (AvgIpc) is 3.43. The lowest BCUT2D eigenvalue weighted by Gasteiger charge is -2.50. The van der Waals surface area contributed by atoms with Crippen LogP contribution in [0.1, 0.15) is 12.0 Å². The van der Waals surface area contributed by atoms with Gasteiger partial charge in [0.1, 0.15) is 10.5 Å². The van der Waals surface area contributed by atoms with Crippen molar-refractivity contribution >= 4 is 27.2 Å². The molecule has 0 aromatic heterocycles. The summed E-state index contributed by atoms with van der Waals surface area (Å²) >= 11 is 0. The number of hydrogen-bond donors (Lipinski definition) is 0. The Hall–Kier alpha value is -3.70. The molecule has 6 rings (SSSR count). The number of anilines is 2. The first-order chi connectivity index (χ1) is 18.0. The van der Waals surface area contributed by atoms with Gasteiger partial charge in [0, 0.05) is 44.8 Å². The van der Waals surface area contributed by atoms with E-state index in [1.807, 2.05) is 6.07 Å². The Morgan fingerprint density at radius 1 is 0.865 bits per heavy atom. The van der Waals surface area contributed by atoms with Crippen LogP contribution in [0.2, 0.25) is 0 Å². The first-order valence-corrected chi connectivity index (χ1v) is 14.5. The number of ether oxygens (including phenoxy) is 1. The summed E-state index contributed by atoms with van der Waals surface area (Å²) in [7, 11) is 4.42. The van der Waals surface area contributed by atoms with Gasteiger partial charge in [0.15, 0.2) is 5.78 Å². The molecule has 5 heteroatoms. The van der Waals surface area contributed by atoms with Crippen molar-refractivity contribution in [2.45, 2.75) is 27.5 Å². The van der Waals surface area contributed by atoms with E-state index in [1.54, 1.807) is 6.26 Å². The minimum atomic E-state index is -1.81. The zero-order valence-electron chi connectivity index (χ0n) is 21.6. The van der Waals surface area contributed by atoms with Gasteiger partial charge >= 0.3 is 0 Å². The topological polar surface area (TPSA) is 32.8 Å². The van der Waals surface area contributed by atoms with Crippen molar-refractivity contribution in [3.63, 3.8) is 0 Å². The summed E-state index contributed by atoms with van der Waals surface area (Å²) in [5, 5.41) is 0. The summed E-state index contributed by atoms with van der Waals surface area (Å²) in [6.45, 7) is 0.838. The molecule has 188 valence electrons. The zero-order valence-corrected chi connectivity index (χ0v) is 22.4. The fourth-order valence-corrected chi connectivity index (χ4v) is 10.8. The quantitative estimate of drug-likeness (QED) is 0.371. The fraction of sp³-hybridized carbons (Fsp3) is 0.219. The van der Waals surface area contributed by atoms with Crippen LogP contribution >= 0.6 is 10.0 Å². The maximum absolute atomic E-state index is 13.6. The van der Waals surface area contributed by atoms with Crippen LogP contribution in [0.15, 0.2) is 124 Å². The fourth-order valence-electron chi connectivity index (χ4n) is 5.97. The van der Waals surface area contributed by atoms with Crippen molar-refractivity contribution in [1.29, 1.82) is 0 Å². The van der Waals surface area contributed by atoms with E-state index in [2.05, 4.69) is 122 Å². The first-order valence-electron chi connectivity index (χ1n) is 12.7. The molecule has 2 atom stereocenters. The van der Waals surface area contributed by atoms with Gasteiger partial charge in [-0.05, 0) is 76.4 Å². The number of nitrogens with zero attached hydrogens (tertiary/aromatic N) is 2. The summed E-state index contributed by atoms with van der Waals surface area (Å²) in [6, 6.07) is 28.3. The first kappa shape index (κ1) is 23.7. The monoisotopic (exact) mass is 508 g/mol. The van der Waals surface area contributed by atoms with Crippen molar-refractivity contribution in [2.75, 3.05) is 36.7 Å². The Balaban J connectivity index is 1.47. The summed E-state index contributed by atoms with van der Waals surface area (Å²) in [5.74, 6) is 1.62. The second kappa shape index (κ2) is 9.00. The Morgan fingerprint density at radius 2 is 1.51 bits per heavy atom. The predicted molar refractivity (Wildman–Crippen MR) is 153 cm³/mol. The molecule has 3 aromatic carbocycles. The summed E-state index contributed by atoms with van der Waals surface area (Å²) < 4.78 is 5.66. The normalized spacial score (nSPS) is 25.3. The van der Waals surface area contributed by atoms with Crippen LogP contribution in [0.4, 0.5) is 11.4 Å². The highest BCUT2D eigenvalue weighted by molar-refractivity contribution is 8.36. The largest absolute Gasteiger partial charge is 0.467 e. The van der Waals surface area contributed by atoms with Gasteiger partial charge in [-0.3, -0.25) is 4.79 Å². The summed E-state index contributed by atoms with van der Waals surface area (Å²) in [6.07, 6.45) is 8.82. The van der Waals surface area contributed by atoms with Gasteiger partial charge in [-0.1, -0.05) is 42.5 Å². The predicted octanol–water partition coefficient (Wildman–Crippen LogP) is 6.69. The van der Waals surface area contributed by atoms with Crippen molar-refractivity contribution in [3.05, 3.63) is 120 Å². The highest BCUT2D eigenvalue weighted by atomic mass is 32.3. The minimum Gasteiger partial charge on any atom is -0.467 e. The molecule has 0 amide bonds. The van der Waals surface area contributed by atoms with Crippen LogP contribution in [0.5, 0.6) is 0 Å². The smallest absolute Gasteiger partial charge is 0.172 e. The maximum Gasteiger partial charge on any atom is 0.172 e. The van der Waals surface area contributed by atoms with Crippen LogP contribution < -0.4 is 9.80 Å². The summed E-state index contributed by atoms with van der Waals surface area (Å²) in [4.78, 5) is 20.5. The maximum atomic E-state index is 13.6. The Labute approximate surface area is 220 Å². The number of carbonyl (C=O) groups is 1. The lowest BCUT2D eigenvalue weighted by Crippen LogP contribution is -2.35. The van der Waals surface area contributed by atoms with Crippen molar-refractivity contribution in [3.8, 4) is 0 Å². The van der Waals surface area contributed by atoms with E-state index in [4.69, 9.17) is 4.74 Å². The number of rotatable bonds is 6. The van der Waals surface area contributed by atoms with E-state index in [-0.39, 0.29) is 5.78 Å². The number of Topliss-reactive ketones (excluding diaryl/α,β-unsaturated/α-hetero) is 1. The van der Waals surface area contributed by atoms with E-state index >= 15 is 0 Å². The molecule has 1 saturated heterocycles. The molecule has 0 saturated carbocycles. The van der Waals surface area contributed by atoms with Crippen LogP contribution in [0.3, 0.4) is 0 Å². The third-order valence-corrected chi connectivity index (χ3v) is 12.5. The second-order valence-corrected chi connectivity index (χ2v) is 13.6. The molecule has 2 heterocycles. The number of allylic oxidation sites excluding steroid dienone is 3. The molecule has 1 spiro atoms. The average molecular weight is 509 g/mol. The van der Waals surface area contributed by atoms with Gasteiger partial charge < -0.3 is 14.5 Å². The molecule has 1 fully saturated rings. The molecule has 37 heavy (non-hydrogen) atoms. The molecule has 4 nitrogen and oxygen atoms in total. The third-order valence-electron chi connectivity index (χ3n) is 7.87. The van der Waals surface area contributed by atoms with Crippen molar-refractivity contribution < 1.29 is 9.53 Å². The molecular weight excluding hydrogens is 476 g/mol. The molecule has 3 aromatic rings. The van der Waals surface area contributed by atoms with E-state index in [1.165, 1.54) is 15.4 Å². The van der Waals surface area contributed by atoms with E-state index in [0.29, 0.717) is 5.75 Å². The molecule has 0 bridgehead atoms. The number of carbonyl (C=O) groups excluding carboxylic acids is 1. The summed E-state index contributed by atoms with van der Waals surface area (Å²) in [5.41, 5.74) is 4.42. The number of hydrogen-bond acceptors (Lipinski definition) is 4.